The SMILES string of the molecule is COc1cc(N2CCCC2)c(OC)cc1/C=N/NC(=O)COc1ccc(Br)cc1Br. The van der Waals surface area contributed by atoms with E-state index in [1.54, 1.807) is 20.3 Å². The molecule has 0 aromatic heterocycles. The Balaban J connectivity index is 1.63. The van der Waals surface area contributed by atoms with Crippen LogP contribution in [-0.4, -0.2) is 46.0 Å². The number of hydrogen-bond acceptors (Lipinski definition) is 6. The van der Waals surface area contributed by atoms with E-state index in [1.807, 2.05) is 24.3 Å². The van der Waals surface area contributed by atoms with Gasteiger partial charge in [0.25, 0.3) is 5.91 Å². The summed E-state index contributed by atoms with van der Waals surface area (Å²) in [6.07, 6.45) is 3.86. The normalized spacial score (nSPS) is 13.5. The molecule has 1 heterocycles. The first-order valence-corrected chi connectivity index (χ1v) is 11.0. The first kappa shape index (κ1) is 22.4. The lowest BCUT2D eigenvalue weighted by atomic mass is 10.1. The fraction of sp³-hybridized carbons (Fsp3) is 0.333. The van der Waals surface area contributed by atoms with Gasteiger partial charge in [0.2, 0.25) is 0 Å². The molecule has 160 valence electrons. The van der Waals surface area contributed by atoms with Crippen LogP contribution in [0.1, 0.15) is 18.4 Å². The number of hydrazone groups is 1. The Morgan fingerprint density at radius 1 is 1.10 bits per heavy atom. The van der Waals surface area contributed by atoms with Crippen LogP contribution in [0.3, 0.4) is 0 Å². The Morgan fingerprint density at radius 2 is 1.83 bits per heavy atom. The molecule has 7 nitrogen and oxygen atoms in total. The number of nitrogens with one attached hydrogen (secondary N) is 1. The molecule has 0 aliphatic carbocycles. The van der Waals surface area contributed by atoms with Gasteiger partial charge in [-0.25, -0.2) is 5.43 Å². The van der Waals surface area contributed by atoms with Gasteiger partial charge < -0.3 is 19.1 Å². The number of amides is 1. The van der Waals surface area contributed by atoms with Crippen molar-refractivity contribution in [1.29, 1.82) is 0 Å². The van der Waals surface area contributed by atoms with Crippen LogP contribution in [0.15, 0.2) is 44.4 Å². The van der Waals surface area contributed by atoms with Gasteiger partial charge in [-0.05, 0) is 53.0 Å². The summed E-state index contributed by atoms with van der Waals surface area (Å²) in [7, 11) is 3.25. The Kier molecular flexibility index (Phi) is 7.98. The number of ether oxygens (including phenoxy) is 3. The number of carbonyl (C=O) groups is 1. The molecule has 0 saturated carbocycles. The van der Waals surface area contributed by atoms with Crippen LogP contribution < -0.4 is 24.5 Å². The van der Waals surface area contributed by atoms with Crippen molar-refractivity contribution < 1.29 is 19.0 Å². The molecule has 30 heavy (non-hydrogen) atoms. The van der Waals surface area contributed by atoms with E-state index in [2.05, 4.69) is 47.3 Å². The smallest absolute Gasteiger partial charge is 0.277 e. The van der Waals surface area contributed by atoms with Crippen molar-refractivity contribution in [3.63, 3.8) is 0 Å². The molecule has 0 unspecified atom stereocenters. The van der Waals surface area contributed by atoms with E-state index in [9.17, 15) is 4.79 Å². The predicted octanol–water partition coefficient (Wildman–Crippen LogP) is 4.36. The number of carbonyl (C=O) groups excluding carboxylic acids is 1. The maximum Gasteiger partial charge on any atom is 0.277 e. The van der Waals surface area contributed by atoms with Crippen molar-refractivity contribution in [2.45, 2.75) is 12.8 Å². The quantitative estimate of drug-likeness (QED) is 0.398. The second-order valence-electron chi connectivity index (χ2n) is 6.62. The predicted molar refractivity (Wildman–Crippen MR) is 124 cm³/mol. The van der Waals surface area contributed by atoms with Gasteiger partial charge in [-0.2, -0.15) is 5.10 Å². The minimum atomic E-state index is -0.374. The van der Waals surface area contributed by atoms with E-state index in [4.69, 9.17) is 14.2 Å². The molecule has 0 bridgehead atoms. The summed E-state index contributed by atoms with van der Waals surface area (Å²) in [5, 5.41) is 4.03. The monoisotopic (exact) mass is 539 g/mol. The molecule has 1 aliphatic heterocycles. The Hall–Kier alpha value is -2.26. The lowest BCUT2D eigenvalue weighted by Crippen LogP contribution is -2.24. The highest BCUT2D eigenvalue weighted by atomic mass is 79.9. The number of halogens is 2. The standard InChI is InChI=1S/C21H23Br2N3O4/c1-28-19-11-17(26-7-3-4-8-26)20(29-2)9-14(19)12-24-25-21(27)13-30-18-6-5-15(22)10-16(18)23/h5-6,9-12H,3-4,7-8,13H2,1-2H3,(H,25,27)/b24-12+. The summed E-state index contributed by atoms with van der Waals surface area (Å²) in [6, 6.07) is 9.25. The van der Waals surface area contributed by atoms with E-state index < -0.39 is 0 Å². The summed E-state index contributed by atoms with van der Waals surface area (Å²) < 4.78 is 18.2. The number of benzene rings is 2. The van der Waals surface area contributed by atoms with Gasteiger partial charge in [-0.15, -0.1) is 0 Å². The maximum atomic E-state index is 12.1. The van der Waals surface area contributed by atoms with E-state index in [-0.39, 0.29) is 12.5 Å². The van der Waals surface area contributed by atoms with Crippen molar-refractivity contribution in [2.75, 3.05) is 38.8 Å². The lowest BCUT2D eigenvalue weighted by Gasteiger charge is -2.22. The third-order valence-electron chi connectivity index (χ3n) is 4.62. The fourth-order valence-corrected chi connectivity index (χ4v) is 4.31. The van der Waals surface area contributed by atoms with Crippen LogP contribution >= 0.6 is 31.9 Å². The van der Waals surface area contributed by atoms with Crippen molar-refractivity contribution in [1.82, 2.24) is 5.43 Å². The fourth-order valence-electron chi connectivity index (χ4n) is 3.15. The van der Waals surface area contributed by atoms with Crippen molar-refractivity contribution >= 4 is 49.7 Å². The van der Waals surface area contributed by atoms with Crippen LogP contribution in [0.4, 0.5) is 5.69 Å². The molecule has 1 N–H and O–H groups in total. The average Bonchev–Trinajstić information content (AvgIpc) is 3.27. The van der Waals surface area contributed by atoms with Gasteiger partial charge in [-0.3, -0.25) is 4.79 Å². The summed E-state index contributed by atoms with van der Waals surface area (Å²) >= 11 is 6.77. The summed E-state index contributed by atoms with van der Waals surface area (Å²) in [6.45, 7) is 1.83. The van der Waals surface area contributed by atoms with Crippen LogP contribution in [-0.2, 0) is 4.79 Å². The number of nitrogens with zero attached hydrogens (tertiary/aromatic N) is 2. The van der Waals surface area contributed by atoms with E-state index in [0.29, 0.717) is 17.1 Å². The van der Waals surface area contributed by atoms with Crippen LogP contribution in [0, 0.1) is 0 Å². The van der Waals surface area contributed by atoms with Crippen molar-refractivity contribution in [3.05, 3.63) is 44.8 Å². The van der Waals surface area contributed by atoms with E-state index in [0.717, 1.165) is 33.5 Å². The second-order valence-corrected chi connectivity index (χ2v) is 8.39. The van der Waals surface area contributed by atoms with Gasteiger partial charge in [0.1, 0.15) is 17.2 Å². The molecule has 2 aromatic carbocycles. The van der Waals surface area contributed by atoms with Gasteiger partial charge in [0.05, 0.1) is 30.6 Å². The number of hydrogen-bond donors (Lipinski definition) is 1. The third-order valence-corrected chi connectivity index (χ3v) is 5.74. The molecule has 9 heteroatoms. The third kappa shape index (κ3) is 5.66. The molecule has 0 atom stereocenters. The van der Waals surface area contributed by atoms with Crippen molar-refractivity contribution in [2.24, 2.45) is 5.10 Å². The lowest BCUT2D eigenvalue weighted by molar-refractivity contribution is -0.123. The molecule has 0 spiro atoms. The maximum absolute atomic E-state index is 12.1. The van der Waals surface area contributed by atoms with Gasteiger partial charge in [0, 0.05) is 29.2 Å². The van der Waals surface area contributed by atoms with Crippen LogP contribution in [0.5, 0.6) is 17.2 Å². The largest absolute Gasteiger partial charge is 0.496 e. The zero-order valence-corrected chi connectivity index (χ0v) is 20.0. The Labute approximate surface area is 192 Å². The van der Waals surface area contributed by atoms with Gasteiger partial charge >= 0.3 is 0 Å². The van der Waals surface area contributed by atoms with Gasteiger partial charge in [0.15, 0.2) is 6.61 Å². The van der Waals surface area contributed by atoms with Crippen LogP contribution in [0.2, 0.25) is 0 Å². The number of anilines is 1. The average molecular weight is 541 g/mol. The molecule has 1 aliphatic rings. The molecular formula is C21H23Br2N3O4. The molecular weight excluding hydrogens is 518 g/mol. The summed E-state index contributed by atoms with van der Waals surface area (Å²) in [4.78, 5) is 14.3. The second kappa shape index (κ2) is 10.7. The Morgan fingerprint density at radius 3 is 2.50 bits per heavy atom. The Bertz CT molecular complexity index is 931. The molecule has 0 radical (unpaired) electrons. The molecule has 1 amide bonds. The summed E-state index contributed by atoms with van der Waals surface area (Å²) in [5.74, 6) is 1.60. The minimum Gasteiger partial charge on any atom is -0.496 e. The van der Waals surface area contributed by atoms with Crippen molar-refractivity contribution in [3.8, 4) is 17.2 Å². The number of methoxy groups -OCH3 is 2. The first-order valence-electron chi connectivity index (χ1n) is 9.42. The molecule has 3 rings (SSSR count). The molecule has 1 saturated heterocycles. The minimum absolute atomic E-state index is 0.161. The zero-order valence-electron chi connectivity index (χ0n) is 16.8. The first-order chi connectivity index (χ1) is 14.5. The van der Waals surface area contributed by atoms with E-state index in [1.165, 1.54) is 19.1 Å². The zero-order chi connectivity index (χ0) is 21.5. The molecule has 2 aromatic rings. The summed E-state index contributed by atoms with van der Waals surface area (Å²) in [5.41, 5.74) is 4.17. The van der Waals surface area contributed by atoms with Gasteiger partial charge in [-0.1, -0.05) is 15.9 Å². The number of rotatable bonds is 8. The highest BCUT2D eigenvalue weighted by Gasteiger charge is 2.19. The highest BCUT2D eigenvalue weighted by Crippen LogP contribution is 2.36. The molecule has 1 fully saturated rings. The van der Waals surface area contributed by atoms with Crippen LogP contribution in [0.25, 0.3) is 0 Å². The topological polar surface area (TPSA) is 72.4 Å². The highest BCUT2D eigenvalue weighted by molar-refractivity contribution is 9.11. The van der Waals surface area contributed by atoms with E-state index >= 15 is 0 Å².